The number of carbonyl (C=O) groups excluding carboxylic acids is 1. The van der Waals surface area contributed by atoms with Crippen molar-refractivity contribution >= 4 is 23.4 Å². The fraction of sp³-hybridized carbons (Fsp3) is 0.188. The van der Waals surface area contributed by atoms with Crippen LogP contribution in [0.5, 0.6) is 0 Å². The number of aryl methyl sites for hydroxylation is 1. The fourth-order valence-electron chi connectivity index (χ4n) is 2.33. The number of alkyl halides is 3. The number of nitrogen functional groups attached to an aromatic ring is 1. The topological polar surface area (TPSA) is 132 Å². The van der Waals surface area contributed by atoms with Crippen LogP contribution < -0.4 is 16.4 Å². The number of benzene rings is 1. The van der Waals surface area contributed by atoms with Crippen LogP contribution >= 0.6 is 0 Å². The number of hydrogen-bond acceptors (Lipinski definition) is 8. The summed E-state index contributed by atoms with van der Waals surface area (Å²) in [4.78, 5) is 19.7. The first-order valence-corrected chi connectivity index (χ1v) is 7.82. The molecule has 3 aromatic rings. The van der Waals surface area contributed by atoms with Gasteiger partial charge in [0.1, 0.15) is 5.82 Å². The summed E-state index contributed by atoms with van der Waals surface area (Å²) in [6, 6.07) is 5.00. The smallest absolute Gasteiger partial charge is 0.412 e. The van der Waals surface area contributed by atoms with E-state index in [-0.39, 0.29) is 23.2 Å². The number of aromatic nitrogens is 4. The molecule has 28 heavy (non-hydrogen) atoms. The first-order valence-electron chi connectivity index (χ1n) is 7.82. The highest BCUT2D eigenvalue weighted by atomic mass is 19.4. The van der Waals surface area contributed by atoms with Crippen molar-refractivity contribution in [3.05, 3.63) is 41.4 Å². The molecule has 0 radical (unpaired) electrons. The second-order valence-electron chi connectivity index (χ2n) is 5.64. The van der Waals surface area contributed by atoms with Gasteiger partial charge in [0.05, 0.1) is 5.56 Å². The van der Waals surface area contributed by atoms with Crippen LogP contribution in [0.15, 0.2) is 28.8 Å². The summed E-state index contributed by atoms with van der Waals surface area (Å²) in [5.74, 6) is -2.19. The van der Waals surface area contributed by atoms with E-state index in [1.54, 1.807) is 25.1 Å². The average Bonchev–Trinajstić information content (AvgIpc) is 3.11. The van der Waals surface area contributed by atoms with E-state index in [4.69, 9.17) is 5.73 Å². The van der Waals surface area contributed by atoms with Crippen molar-refractivity contribution in [3.8, 4) is 11.5 Å². The molecular formula is C16H14F3N7O2. The Morgan fingerprint density at radius 2 is 2.00 bits per heavy atom. The zero-order valence-corrected chi connectivity index (χ0v) is 14.6. The van der Waals surface area contributed by atoms with Gasteiger partial charge in [-0.25, -0.2) is 4.98 Å². The van der Waals surface area contributed by atoms with Gasteiger partial charge >= 0.3 is 12.1 Å². The maximum absolute atomic E-state index is 12.6. The van der Waals surface area contributed by atoms with E-state index in [1.165, 1.54) is 13.2 Å². The molecule has 0 aliphatic carbocycles. The van der Waals surface area contributed by atoms with E-state index < -0.39 is 18.0 Å². The largest absolute Gasteiger partial charge is 0.470 e. The van der Waals surface area contributed by atoms with E-state index in [0.29, 0.717) is 11.3 Å². The van der Waals surface area contributed by atoms with E-state index in [9.17, 15) is 18.0 Å². The molecule has 3 rings (SSSR count). The normalized spacial score (nSPS) is 11.3. The van der Waals surface area contributed by atoms with E-state index >= 15 is 0 Å². The summed E-state index contributed by atoms with van der Waals surface area (Å²) in [7, 11) is 1.53. The first-order chi connectivity index (χ1) is 13.2. The van der Waals surface area contributed by atoms with Crippen LogP contribution in [0.1, 0.15) is 21.8 Å². The molecule has 0 spiro atoms. The van der Waals surface area contributed by atoms with Crippen molar-refractivity contribution in [2.24, 2.45) is 0 Å². The molecule has 0 fully saturated rings. The minimum Gasteiger partial charge on any atom is -0.412 e. The summed E-state index contributed by atoms with van der Waals surface area (Å²) >= 11 is 0. The van der Waals surface area contributed by atoms with E-state index in [1.807, 2.05) is 0 Å². The summed E-state index contributed by atoms with van der Waals surface area (Å²) in [5.41, 5.74) is 7.58. The standard InChI is InChI=1S/C16H14F3N7O2/c1-7-5-8(3-4-9(7)12(27)21-2)23-15-22-6-10(11(20)24-15)13-25-26-14(28-13)16(17,18)19/h3-6H,1-2H3,(H,21,27)(H3,20,22,23,24). The summed E-state index contributed by atoms with van der Waals surface area (Å²) in [5, 5.41) is 11.7. The summed E-state index contributed by atoms with van der Waals surface area (Å²) in [6.45, 7) is 1.77. The van der Waals surface area contributed by atoms with Crippen LogP contribution in [0.25, 0.3) is 11.5 Å². The lowest BCUT2D eigenvalue weighted by atomic mass is 10.1. The molecule has 9 nitrogen and oxygen atoms in total. The highest BCUT2D eigenvalue weighted by Gasteiger charge is 2.38. The molecule has 0 saturated carbocycles. The van der Waals surface area contributed by atoms with Crippen molar-refractivity contribution in [3.63, 3.8) is 0 Å². The quantitative estimate of drug-likeness (QED) is 0.616. The minimum absolute atomic E-state index is 0.0281. The minimum atomic E-state index is -4.76. The Kier molecular flexibility index (Phi) is 4.86. The second-order valence-corrected chi connectivity index (χ2v) is 5.64. The monoisotopic (exact) mass is 393 g/mol. The number of rotatable bonds is 4. The average molecular weight is 393 g/mol. The Balaban J connectivity index is 1.82. The lowest BCUT2D eigenvalue weighted by Gasteiger charge is -2.10. The number of hydrogen-bond donors (Lipinski definition) is 3. The maximum atomic E-state index is 12.6. The SMILES string of the molecule is CNC(=O)c1ccc(Nc2ncc(-c3nnc(C(F)(F)F)o3)c(N)n2)cc1C. The highest BCUT2D eigenvalue weighted by Crippen LogP contribution is 2.31. The van der Waals surface area contributed by atoms with Crippen molar-refractivity contribution in [2.75, 3.05) is 18.1 Å². The molecule has 2 heterocycles. The summed E-state index contributed by atoms with van der Waals surface area (Å²) in [6.07, 6.45) is -3.59. The number of amides is 1. The van der Waals surface area contributed by atoms with Crippen LogP contribution in [-0.2, 0) is 6.18 Å². The number of nitrogens with one attached hydrogen (secondary N) is 2. The van der Waals surface area contributed by atoms with Gasteiger partial charge in [0.2, 0.25) is 5.95 Å². The molecule has 1 aromatic carbocycles. The Hall–Kier alpha value is -3.70. The number of anilines is 3. The number of halogens is 3. The molecule has 0 aliphatic rings. The van der Waals surface area contributed by atoms with Gasteiger partial charge in [-0.3, -0.25) is 4.79 Å². The molecular weight excluding hydrogens is 379 g/mol. The molecule has 146 valence electrons. The van der Waals surface area contributed by atoms with Crippen LogP contribution in [-0.4, -0.2) is 33.1 Å². The second kappa shape index (κ2) is 7.13. The fourth-order valence-corrected chi connectivity index (χ4v) is 2.33. The van der Waals surface area contributed by atoms with E-state index in [0.717, 1.165) is 5.56 Å². The Morgan fingerprint density at radius 1 is 1.25 bits per heavy atom. The molecule has 12 heteroatoms. The lowest BCUT2D eigenvalue weighted by molar-refractivity contribution is -0.156. The number of nitrogens with two attached hydrogens (primary N) is 1. The van der Waals surface area contributed by atoms with Crippen molar-refractivity contribution < 1.29 is 22.4 Å². The Morgan fingerprint density at radius 3 is 2.57 bits per heavy atom. The van der Waals surface area contributed by atoms with Gasteiger partial charge in [0, 0.05) is 24.5 Å². The zero-order valence-electron chi connectivity index (χ0n) is 14.6. The van der Waals surface area contributed by atoms with Crippen molar-refractivity contribution in [1.29, 1.82) is 0 Å². The highest BCUT2D eigenvalue weighted by molar-refractivity contribution is 5.95. The molecule has 1 amide bonds. The predicted octanol–water partition coefficient (Wildman–Crippen LogP) is 2.54. The zero-order chi connectivity index (χ0) is 20.5. The summed E-state index contributed by atoms with van der Waals surface area (Å²) < 4.78 is 42.3. The van der Waals surface area contributed by atoms with Gasteiger partial charge in [-0.05, 0) is 30.7 Å². The number of nitrogens with zero attached hydrogens (tertiary/aromatic N) is 4. The molecule has 4 N–H and O–H groups in total. The maximum Gasteiger partial charge on any atom is 0.470 e. The lowest BCUT2D eigenvalue weighted by Crippen LogP contribution is -2.18. The van der Waals surface area contributed by atoms with Crippen LogP contribution in [0.2, 0.25) is 0 Å². The Labute approximate surface area is 156 Å². The molecule has 0 unspecified atom stereocenters. The molecule has 0 bridgehead atoms. The molecule has 2 aromatic heterocycles. The molecule has 0 saturated heterocycles. The third-order valence-electron chi connectivity index (χ3n) is 3.67. The van der Waals surface area contributed by atoms with Gasteiger partial charge < -0.3 is 20.8 Å². The van der Waals surface area contributed by atoms with Gasteiger partial charge in [-0.15, -0.1) is 10.2 Å². The van der Waals surface area contributed by atoms with Gasteiger partial charge in [0.15, 0.2) is 0 Å². The molecule has 0 aliphatic heterocycles. The van der Waals surface area contributed by atoms with Crippen LogP contribution in [0, 0.1) is 6.92 Å². The van der Waals surface area contributed by atoms with Gasteiger partial charge in [-0.1, -0.05) is 0 Å². The third kappa shape index (κ3) is 3.84. The Bertz CT molecular complexity index is 1030. The third-order valence-corrected chi connectivity index (χ3v) is 3.67. The van der Waals surface area contributed by atoms with Crippen LogP contribution in [0.4, 0.5) is 30.6 Å². The van der Waals surface area contributed by atoms with Crippen molar-refractivity contribution in [2.45, 2.75) is 13.1 Å². The van der Waals surface area contributed by atoms with Crippen LogP contribution in [0.3, 0.4) is 0 Å². The van der Waals surface area contributed by atoms with E-state index in [2.05, 4.69) is 35.2 Å². The van der Waals surface area contributed by atoms with Gasteiger partial charge in [0.25, 0.3) is 11.8 Å². The predicted molar refractivity (Wildman–Crippen MR) is 92.6 cm³/mol. The number of carbonyl (C=O) groups is 1. The first kappa shape index (κ1) is 19.1. The van der Waals surface area contributed by atoms with Gasteiger partial charge in [-0.2, -0.15) is 18.2 Å². The van der Waals surface area contributed by atoms with Crippen molar-refractivity contribution in [1.82, 2.24) is 25.5 Å². The molecule has 0 atom stereocenters.